The zero-order valence-corrected chi connectivity index (χ0v) is 20.0. The fraction of sp³-hybridized carbons (Fsp3) is 0.524. The van der Waals surface area contributed by atoms with Crippen LogP contribution in [-0.2, 0) is 21.3 Å². The van der Waals surface area contributed by atoms with Gasteiger partial charge in [0.1, 0.15) is 0 Å². The SMILES string of the molecule is CCOCCCNC(=O)c1cn(CC)nc1S(=O)(=O)N1CCN(c2cccc(Cl)c2)CC1. The number of halogens is 1. The highest BCUT2D eigenvalue weighted by atomic mass is 35.5. The van der Waals surface area contributed by atoms with Gasteiger partial charge in [0.15, 0.2) is 0 Å². The van der Waals surface area contributed by atoms with E-state index in [2.05, 4.69) is 15.3 Å². The van der Waals surface area contributed by atoms with Gasteiger partial charge in [-0.2, -0.15) is 9.40 Å². The van der Waals surface area contributed by atoms with Crippen molar-refractivity contribution in [1.82, 2.24) is 19.4 Å². The number of amides is 1. The van der Waals surface area contributed by atoms with Crippen LogP contribution < -0.4 is 10.2 Å². The summed E-state index contributed by atoms with van der Waals surface area (Å²) in [5.74, 6) is -0.447. The Morgan fingerprint density at radius 2 is 1.97 bits per heavy atom. The summed E-state index contributed by atoms with van der Waals surface area (Å²) in [6, 6.07) is 7.49. The Kier molecular flexibility index (Phi) is 8.52. The van der Waals surface area contributed by atoms with E-state index in [0.29, 0.717) is 63.9 Å². The minimum Gasteiger partial charge on any atom is -0.382 e. The molecule has 0 aliphatic carbocycles. The summed E-state index contributed by atoms with van der Waals surface area (Å²) in [7, 11) is -3.92. The number of aryl methyl sites for hydroxylation is 1. The van der Waals surface area contributed by atoms with Crippen molar-refractivity contribution in [3.05, 3.63) is 41.0 Å². The highest BCUT2D eigenvalue weighted by molar-refractivity contribution is 7.89. The monoisotopic (exact) mass is 483 g/mol. The first kappa shape index (κ1) is 24.5. The highest BCUT2D eigenvalue weighted by Gasteiger charge is 2.34. The zero-order valence-electron chi connectivity index (χ0n) is 18.5. The number of hydrogen-bond donors (Lipinski definition) is 1. The second kappa shape index (κ2) is 11.1. The predicted octanol–water partition coefficient (Wildman–Crippen LogP) is 2.22. The number of nitrogens with zero attached hydrogens (tertiary/aromatic N) is 4. The highest BCUT2D eigenvalue weighted by Crippen LogP contribution is 2.24. The summed E-state index contributed by atoms with van der Waals surface area (Å²) in [5, 5.41) is 7.42. The number of aromatic nitrogens is 2. The number of hydrogen-bond acceptors (Lipinski definition) is 6. The van der Waals surface area contributed by atoms with Gasteiger partial charge in [0.2, 0.25) is 5.03 Å². The van der Waals surface area contributed by atoms with E-state index in [1.54, 1.807) is 6.07 Å². The van der Waals surface area contributed by atoms with Crippen LogP contribution in [0.2, 0.25) is 5.02 Å². The Labute approximate surface area is 194 Å². The second-order valence-electron chi connectivity index (χ2n) is 7.38. The van der Waals surface area contributed by atoms with Gasteiger partial charge in [-0.3, -0.25) is 9.48 Å². The molecule has 0 bridgehead atoms. The smallest absolute Gasteiger partial charge is 0.263 e. The van der Waals surface area contributed by atoms with Crippen molar-refractivity contribution < 1.29 is 17.9 Å². The van der Waals surface area contributed by atoms with Crippen LogP contribution in [0.15, 0.2) is 35.5 Å². The third kappa shape index (κ3) is 5.80. The average molecular weight is 484 g/mol. The molecule has 2 heterocycles. The largest absolute Gasteiger partial charge is 0.382 e. The van der Waals surface area contributed by atoms with Gasteiger partial charge in [0.05, 0.1) is 5.56 Å². The Balaban J connectivity index is 1.71. The van der Waals surface area contributed by atoms with Crippen molar-refractivity contribution in [3.8, 4) is 0 Å². The molecule has 1 aliphatic rings. The number of carbonyl (C=O) groups is 1. The molecule has 0 unspecified atom stereocenters. The van der Waals surface area contributed by atoms with Gasteiger partial charge in [0, 0.05) is 69.4 Å². The predicted molar refractivity (Wildman–Crippen MR) is 124 cm³/mol. The minimum atomic E-state index is -3.92. The molecular weight excluding hydrogens is 454 g/mol. The molecule has 1 aliphatic heterocycles. The van der Waals surface area contributed by atoms with Crippen LogP contribution >= 0.6 is 11.6 Å². The van der Waals surface area contributed by atoms with Crippen molar-refractivity contribution in [2.45, 2.75) is 31.8 Å². The summed E-state index contributed by atoms with van der Waals surface area (Å²) < 4.78 is 34.9. The number of nitrogens with one attached hydrogen (secondary N) is 1. The van der Waals surface area contributed by atoms with Crippen molar-refractivity contribution in [2.75, 3.05) is 50.8 Å². The number of rotatable bonds is 10. The lowest BCUT2D eigenvalue weighted by atomic mass is 10.2. The van der Waals surface area contributed by atoms with Gasteiger partial charge in [-0.1, -0.05) is 17.7 Å². The quantitative estimate of drug-likeness (QED) is 0.520. The fourth-order valence-corrected chi connectivity index (χ4v) is 5.21. The molecule has 1 amide bonds. The van der Waals surface area contributed by atoms with Gasteiger partial charge < -0.3 is 15.0 Å². The van der Waals surface area contributed by atoms with Crippen LogP contribution in [0.3, 0.4) is 0 Å². The van der Waals surface area contributed by atoms with Gasteiger partial charge in [-0.25, -0.2) is 8.42 Å². The Morgan fingerprint density at radius 1 is 1.22 bits per heavy atom. The molecule has 0 saturated carbocycles. The summed E-state index contributed by atoms with van der Waals surface area (Å²) in [4.78, 5) is 14.8. The van der Waals surface area contributed by atoms with E-state index in [1.165, 1.54) is 15.2 Å². The van der Waals surface area contributed by atoms with Crippen LogP contribution in [0.5, 0.6) is 0 Å². The van der Waals surface area contributed by atoms with Gasteiger partial charge >= 0.3 is 0 Å². The van der Waals surface area contributed by atoms with E-state index in [-0.39, 0.29) is 10.6 Å². The molecule has 1 saturated heterocycles. The molecule has 1 N–H and O–H groups in total. The third-order valence-corrected chi connectivity index (χ3v) is 7.32. The maximum absolute atomic E-state index is 13.4. The van der Waals surface area contributed by atoms with Crippen molar-refractivity contribution in [1.29, 1.82) is 0 Å². The molecule has 0 atom stereocenters. The van der Waals surface area contributed by atoms with E-state index >= 15 is 0 Å². The molecule has 1 fully saturated rings. The summed E-state index contributed by atoms with van der Waals surface area (Å²) in [6.07, 6.45) is 2.14. The van der Waals surface area contributed by atoms with E-state index in [4.69, 9.17) is 16.3 Å². The first-order chi connectivity index (χ1) is 15.4. The molecule has 1 aromatic carbocycles. The Bertz CT molecular complexity index is 1020. The minimum absolute atomic E-state index is 0.0699. The first-order valence-corrected chi connectivity index (χ1v) is 12.6. The third-order valence-electron chi connectivity index (χ3n) is 5.25. The molecule has 0 radical (unpaired) electrons. The number of anilines is 1. The summed E-state index contributed by atoms with van der Waals surface area (Å²) >= 11 is 6.08. The number of piperazine rings is 1. The van der Waals surface area contributed by atoms with Gasteiger partial charge in [-0.15, -0.1) is 0 Å². The van der Waals surface area contributed by atoms with Gasteiger partial charge in [0.25, 0.3) is 15.9 Å². The molecule has 1 aromatic heterocycles. The lowest BCUT2D eigenvalue weighted by molar-refractivity contribution is 0.0940. The topological polar surface area (TPSA) is 96.8 Å². The lowest BCUT2D eigenvalue weighted by Crippen LogP contribution is -2.49. The Morgan fingerprint density at radius 3 is 2.62 bits per heavy atom. The molecular formula is C21H30ClN5O4S. The van der Waals surface area contributed by atoms with Crippen molar-refractivity contribution in [3.63, 3.8) is 0 Å². The van der Waals surface area contributed by atoms with E-state index in [9.17, 15) is 13.2 Å². The summed E-state index contributed by atoms with van der Waals surface area (Å²) in [5.41, 5.74) is 1.03. The van der Waals surface area contributed by atoms with Crippen LogP contribution in [0, 0.1) is 0 Å². The molecule has 2 aromatic rings. The molecule has 32 heavy (non-hydrogen) atoms. The lowest BCUT2D eigenvalue weighted by Gasteiger charge is -2.35. The van der Waals surface area contributed by atoms with Crippen LogP contribution in [0.4, 0.5) is 5.69 Å². The second-order valence-corrected chi connectivity index (χ2v) is 9.67. The maximum Gasteiger partial charge on any atom is 0.263 e. The number of ether oxygens (including phenoxy) is 1. The average Bonchev–Trinajstić information content (AvgIpc) is 3.25. The van der Waals surface area contributed by atoms with E-state index in [1.807, 2.05) is 32.0 Å². The standard InChI is InChI=1S/C21H30ClN5O4S/c1-3-26-16-19(20(28)23-9-6-14-31-4-2)21(24-26)32(29,30)27-12-10-25(11-13-27)18-8-5-7-17(22)15-18/h5,7-8,15-16H,3-4,6,9-14H2,1-2H3,(H,23,28). The van der Waals surface area contributed by atoms with Crippen LogP contribution in [0.25, 0.3) is 0 Å². The molecule has 9 nitrogen and oxygen atoms in total. The van der Waals surface area contributed by atoms with Crippen LogP contribution in [0.1, 0.15) is 30.6 Å². The number of carbonyl (C=O) groups excluding carboxylic acids is 1. The summed E-state index contributed by atoms with van der Waals surface area (Å²) in [6.45, 7) is 7.39. The maximum atomic E-state index is 13.4. The fourth-order valence-electron chi connectivity index (χ4n) is 3.51. The molecule has 3 rings (SSSR count). The number of sulfonamides is 1. The molecule has 0 spiro atoms. The van der Waals surface area contributed by atoms with Crippen molar-refractivity contribution in [2.24, 2.45) is 0 Å². The Hall–Kier alpha value is -2.14. The van der Waals surface area contributed by atoms with E-state index < -0.39 is 15.9 Å². The normalized spacial score (nSPS) is 15.2. The van der Waals surface area contributed by atoms with Gasteiger partial charge in [-0.05, 0) is 38.5 Å². The van der Waals surface area contributed by atoms with E-state index in [0.717, 1.165) is 5.69 Å². The molecule has 176 valence electrons. The number of benzene rings is 1. The zero-order chi connectivity index (χ0) is 23.1. The van der Waals surface area contributed by atoms with Crippen LogP contribution in [-0.4, -0.2) is 74.3 Å². The first-order valence-electron chi connectivity index (χ1n) is 10.8. The van der Waals surface area contributed by atoms with Crippen molar-refractivity contribution >= 4 is 33.2 Å². The molecule has 11 heteroatoms.